The molecule has 0 saturated carbocycles. The Morgan fingerprint density at radius 1 is 1.13 bits per heavy atom. The Morgan fingerprint density at radius 3 is 2.65 bits per heavy atom. The van der Waals surface area contributed by atoms with Crippen molar-refractivity contribution >= 4 is 45.6 Å². The van der Waals surface area contributed by atoms with Gasteiger partial charge in [0.1, 0.15) is 5.82 Å². The number of benzene rings is 2. The van der Waals surface area contributed by atoms with E-state index in [1.54, 1.807) is 11.4 Å². The molecule has 0 spiro atoms. The average molecular weight is 367 g/mol. The van der Waals surface area contributed by atoms with E-state index >= 15 is 0 Å². The normalized spacial score (nSPS) is 10.6. The van der Waals surface area contributed by atoms with Gasteiger partial charge >= 0.3 is 0 Å². The highest BCUT2D eigenvalue weighted by atomic mass is 35.5. The molecule has 0 aliphatic rings. The third kappa shape index (κ3) is 3.52. The minimum absolute atomic E-state index is 0.0467. The van der Waals surface area contributed by atoms with E-state index in [0.29, 0.717) is 15.8 Å². The molecule has 0 aliphatic heterocycles. The summed E-state index contributed by atoms with van der Waals surface area (Å²) in [5, 5.41) is 5.48. The van der Waals surface area contributed by atoms with E-state index in [1.807, 2.05) is 18.2 Å². The maximum absolute atomic E-state index is 13.0. The lowest BCUT2D eigenvalue weighted by molar-refractivity contribution is 0.102. The molecule has 0 atom stereocenters. The van der Waals surface area contributed by atoms with Crippen molar-refractivity contribution in [2.24, 2.45) is 0 Å². The van der Waals surface area contributed by atoms with Crippen LogP contribution in [0.2, 0.25) is 10.0 Å². The molecule has 1 aromatic heterocycles. The Labute approximate surface area is 145 Å². The molecule has 0 fully saturated rings. The molecule has 3 aromatic rings. The number of halogens is 3. The number of rotatable bonds is 3. The number of thiazole rings is 1. The number of anilines is 1. The lowest BCUT2D eigenvalue weighted by Gasteiger charge is -2.04. The van der Waals surface area contributed by atoms with Crippen LogP contribution in [0.1, 0.15) is 10.4 Å². The molecular formula is C16H9Cl2FN2OS. The molecule has 3 nitrogen and oxygen atoms in total. The first kappa shape index (κ1) is 15.9. The van der Waals surface area contributed by atoms with Gasteiger partial charge in [0, 0.05) is 16.0 Å². The number of carbonyl (C=O) groups is 1. The Bertz CT molecular complexity index is 882. The van der Waals surface area contributed by atoms with Crippen LogP contribution in [0, 0.1) is 5.82 Å². The molecule has 0 bridgehead atoms. The van der Waals surface area contributed by atoms with Crippen molar-refractivity contribution in [1.82, 2.24) is 4.98 Å². The predicted octanol–water partition coefficient (Wildman–Crippen LogP) is 5.51. The second kappa shape index (κ2) is 6.66. The number of carbonyl (C=O) groups excluding carboxylic acids is 1. The van der Waals surface area contributed by atoms with Crippen molar-refractivity contribution in [1.29, 1.82) is 0 Å². The number of nitrogens with one attached hydrogen (secondary N) is 1. The van der Waals surface area contributed by atoms with E-state index in [2.05, 4.69) is 10.3 Å². The molecule has 1 amide bonds. The molecule has 0 saturated heterocycles. The van der Waals surface area contributed by atoms with Crippen LogP contribution in [-0.2, 0) is 0 Å². The van der Waals surface area contributed by atoms with Gasteiger partial charge in [0.2, 0.25) is 0 Å². The third-order valence-corrected chi connectivity index (χ3v) is 4.45. The predicted molar refractivity (Wildman–Crippen MR) is 91.9 cm³/mol. The van der Waals surface area contributed by atoms with E-state index in [9.17, 15) is 9.18 Å². The number of aromatic nitrogens is 1. The quantitative estimate of drug-likeness (QED) is 0.663. The summed E-state index contributed by atoms with van der Waals surface area (Å²) in [5.41, 5.74) is 1.63. The third-order valence-electron chi connectivity index (χ3n) is 3.05. The molecule has 1 heterocycles. The minimum Gasteiger partial charge on any atom is -0.298 e. The first-order chi connectivity index (χ1) is 11.0. The number of hydrogen-bond donors (Lipinski definition) is 1. The average Bonchev–Trinajstić information content (AvgIpc) is 2.95. The second-order valence-corrected chi connectivity index (χ2v) is 6.27. The summed E-state index contributed by atoms with van der Waals surface area (Å²) < 4.78 is 13.0. The Morgan fingerprint density at radius 2 is 1.91 bits per heavy atom. The summed E-state index contributed by atoms with van der Waals surface area (Å²) >= 11 is 13.3. The lowest BCUT2D eigenvalue weighted by atomic mass is 10.2. The molecular weight excluding hydrogens is 358 g/mol. The van der Waals surface area contributed by atoms with Gasteiger partial charge in [-0.15, -0.1) is 11.3 Å². The number of nitrogens with zero attached hydrogens (tertiary/aromatic N) is 1. The molecule has 3 rings (SSSR count). The maximum Gasteiger partial charge on any atom is 0.258 e. The summed E-state index contributed by atoms with van der Waals surface area (Å²) in [6.45, 7) is 0. The Balaban J connectivity index is 1.82. The Kier molecular flexibility index (Phi) is 4.61. The van der Waals surface area contributed by atoms with Crippen LogP contribution in [0.3, 0.4) is 0 Å². The summed E-state index contributed by atoms with van der Waals surface area (Å²) in [7, 11) is 0. The highest BCUT2D eigenvalue weighted by molar-refractivity contribution is 7.14. The van der Waals surface area contributed by atoms with Crippen molar-refractivity contribution < 1.29 is 9.18 Å². The fourth-order valence-electron chi connectivity index (χ4n) is 1.96. The number of hydrogen-bond acceptors (Lipinski definition) is 3. The largest absolute Gasteiger partial charge is 0.298 e. The first-order valence-electron chi connectivity index (χ1n) is 6.51. The van der Waals surface area contributed by atoms with Gasteiger partial charge in [-0.05, 0) is 24.3 Å². The molecule has 1 N–H and O–H groups in total. The van der Waals surface area contributed by atoms with Gasteiger partial charge in [0.05, 0.1) is 16.3 Å². The fraction of sp³-hybridized carbons (Fsp3) is 0. The van der Waals surface area contributed by atoms with Crippen LogP contribution in [-0.4, -0.2) is 10.9 Å². The van der Waals surface area contributed by atoms with Gasteiger partial charge < -0.3 is 0 Å². The zero-order chi connectivity index (χ0) is 16.4. The summed E-state index contributed by atoms with van der Waals surface area (Å²) in [5.74, 6) is -0.947. The first-order valence-corrected chi connectivity index (χ1v) is 8.15. The zero-order valence-electron chi connectivity index (χ0n) is 11.5. The van der Waals surface area contributed by atoms with Crippen molar-refractivity contribution in [3.05, 3.63) is 69.3 Å². The van der Waals surface area contributed by atoms with E-state index < -0.39 is 11.7 Å². The van der Waals surface area contributed by atoms with Crippen molar-refractivity contribution in [3.63, 3.8) is 0 Å². The van der Waals surface area contributed by atoms with Crippen LogP contribution in [0.25, 0.3) is 11.3 Å². The number of amides is 1. The van der Waals surface area contributed by atoms with Crippen LogP contribution < -0.4 is 5.32 Å². The standard InChI is InChI=1S/C16H9Cl2FN2OS/c17-12-4-2-1-3-10(12)14-8-23-16(20-14)21-15(22)11-6-5-9(19)7-13(11)18/h1-8H,(H,20,21,22). The van der Waals surface area contributed by atoms with E-state index in [0.717, 1.165) is 11.6 Å². The smallest absolute Gasteiger partial charge is 0.258 e. The topological polar surface area (TPSA) is 42.0 Å². The van der Waals surface area contributed by atoms with Gasteiger partial charge in [0.15, 0.2) is 5.13 Å². The van der Waals surface area contributed by atoms with Gasteiger partial charge in [-0.1, -0.05) is 41.4 Å². The van der Waals surface area contributed by atoms with E-state index in [-0.39, 0.29) is 10.6 Å². The molecule has 0 radical (unpaired) electrons. The fourth-order valence-corrected chi connectivity index (χ4v) is 3.15. The second-order valence-electron chi connectivity index (χ2n) is 4.60. The summed E-state index contributed by atoms with van der Waals surface area (Å²) in [4.78, 5) is 16.5. The van der Waals surface area contributed by atoms with Gasteiger partial charge in [-0.3, -0.25) is 10.1 Å². The molecule has 2 aromatic carbocycles. The van der Waals surface area contributed by atoms with Gasteiger partial charge in [-0.25, -0.2) is 9.37 Å². The SMILES string of the molecule is O=C(Nc1nc(-c2ccccc2Cl)cs1)c1ccc(F)cc1Cl. The Hall–Kier alpha value is -1.95. The zero-order valence-corrected chi connectivity index (χ0v) is 13.8. The monoisotopic (exact) mass is 366 g/mol. The minimum atomic E-state index is -0.498. The van der Waals surface area contributed by atoms with Crippen LogP contribution in [0.15, 0.2) is 47.8 Å². The highest BCUT2D eigenvalue weighted by Crippen LogP contribution is 2.30. The maximum atomic E-state index is 13.0. The van der Waals surface area contributed by atoms with Gasteiger partial charge in [0.25, 0.3) is 5.91 Å². The van der Waals surface area contributed by atoms with Crippen LogP contribution >= 0.6 is 34.5 Å². The highest BCUT2D eigenvalue weighted by Gasteiger charge is 2.14. The van der Waals surface area contributed by atoms with Crippen LogP contribution in [0.4, 0.5) is 9.52 Å². The van der Waals surface area contributed by atoms with Crippen LogP contribution in [0.5, 0.6) is 0 Å². The van der Waals surface area contributed by atoms with Gasteiger partial charge in [-0.2, -0.15) is 0 Å². The summed E-state index contributed by atoms with van der Waals surface area (Å²) in [6.07, 6.45) is 0. The van der Waals surface area contributed by atoms with Crippen molar-refractivity contribution in [2.75, 3.05) is 5.32 Å². The van der Waals surface area contributed by atoms with E-state index in [1.165, 1.54) is 23.5 Å². The van der Waals surface area contributed by atoms with E-state index in [4.69, 9.17) is 23.2 Å². The molecule has 7 heteroatoms. The lowest BCUT2D eigenvalue weighted by Crippen LogP contribution is -2.12. The molecule has 0 aliphatic carbocycles. The molecule has 116 valence electrons. The van der Waals surface area contributed by atoms with Crippen molar-refractivity contribution in [2.45, 2.75) is 0 Å². The molecule has 0 unspecified atom stereocenters. The molecule has 23 heavy (non-hydrogen) atoms. The summed E-state index contributed by atoms with van der Waals surface area (Å²) in [6, 6.07) is 10.9. The van der Waals surface area contributed by atoms with Crippen molar-refractivity contribution in [3.8, 4) is 11.3 Å².